The van der Waals surface area contributed by atoms with Crippen molar-refractivity contribution in [3.63, 3.8) is 0 Å². The third-order valence-electron chi connectivity index (χ3n) is 3.27. The molecule has 0 saturated carbocycles. The Morgan fingerprint density at radius 2 is 1.89 bits per heavy atom. The number of halogens is 1. The number of piperazine rings is 1. The Bertz CT molecular complexity index is 401. The Hall–Kier alpha value is -1.29. The number of phenols is 1. The Kier molecular flexibility index (Phi) is 4.07. The number of hydrogen-bond donors (Lipinski definition) is 1. The van der Waals surface area contributed by atoms with Crippen LogP contribution in [-0.2, 0) is 0 Å². The predicted molar refractivity (Wildman–Crippen MR) is 71.6 cm³/mol. The molecule has 100 valence electrons. The average Bonchev–Trinajstić information content (AvgIpc) is 2.30. The van der Waals surface area contributed by atoms with Crippen molar-refractivity contribution in [3.05, 3.63) is 24.0 Å². The van der Waals surface area contributed by atoms with Gasteiger partial charge in [-0.2, -0.15) is 0 Å². The number of aromatic hydroxyl groups is 1. The SMILES string of the molecule is CC(C)CN1CCN(c2ccc(O)cc2F)CC1. The summed E-state index contributed by atoms with van der Waals surface area (Å²) < 4.78 is 13.7. The van der Waals surface area contributed by atoms with E-state index in [2.05, 4.69) is 18.7 Å². The molecule has 0 unspecified atom stereocenters. The fraction of sp³-hybridized carbons (Fsp3) is 0.571. The molecule has 1 fully saturated rings. The quantitative estimate of drug-likeness (QED) is 0.894. The second-order valence-electron chi connectivity index (χ2n) is 5.32. The van der Waals surface area contributed by atoms with E-state index in [1.807, 2.05) is 4.90 Å². The van der Waals surface area contributed by atoms with Crippen molar-refractivity contribution in [2.24, 2.45) is 5.92 Å². The summed E-state index contributed by atoms with van der Waals surface area (Å²) in [6, 6.07) is 4.37. The first-order chi connectivity index (χ1) is 8.56. The maximum atomic E-state index is 13.7. The molecule has 2 rings (SSSR count). The van der Waals surface area contributed by atoms with Crippen molar-refractivity contribution in [1.29, 1.82) is 0 Å². The summed E-state index contributed by atoms with van der Waals surface area (Å²) in [6.45, 7) is 9.16. The third kappa shape index (κ3) is 3.13. The number of nitrogens with zero attached hydrogens (tertiary/aromatic N) is 2. The van der Waals surface area contributed by atoms with E-state index in [0.29, 0.717) is 11.6 Å². The molecule has 0 aliphatic carbocycles. The molecule has 18 heavy (non-hydrogen) atoms. The molecule has 1 aromatic carbocycles. The van der Waals surface area contributed by atoms with Gasteiger partial charge in [0.05, 0.1) is 5.69 Å². The van der Waals surface area contributed by atoms with Gasteiger partial charge in [-0.15, -0.1) is 0 Å². The van der Waals surface area contributed by atoms with E-state index in [9.17, 15) is 9.50 Å². The number of benzene rings is 1. The molecule has 4 heteroatoms. The highest BCUT2D eigenvalue weighted by Gasteiger charge is 2.19. The minimum Gasteiger partial charge on any atom is -0.508 e. The molecule has 1 aromatic rings. The number of anilines is 1. The van der Waals surface area contributed by atoms with Crippen LogP contribution in [0.25, 0.3) is 0 Å². The van der Waals surface area contributed by atoms with Crippen LogP contribution in [-0.4, -0.2) is 42.7 Å². The van der Waals surface area contributed by atoms with Gasteiger partial charge in [0.25, 0.3) is 0 Å². The zero-order valence-corrected chi connectivity index (χ0v) is 11.1. The Morgan fingerprint density at radius 1 is 1.22 bits per heavy atom. The molecule has 0 radical (unpaired) electrons. The highest BCUT2D eigenvalue weighted by molar-refractivity contribution is 5.50. The van der Waals surface area contributed by atoms with E-state index in [0.717, 1.165) is 32.7 Å². The van der Waals surface area contributed by atoms with Crippen molar-refractivity contribution in [2.75, 3.05) is 37.6 Å². The standard InChI is InChI=1S/C14H21FN2O/c1-11(2)10-16-5-7-17(8-6-16)14-4-3-12(18)9-13(14)15/h3-4,9,11,18H,5-8,10H2,1-2H3. The van der Waals surface area contributed by atoms with Crippen LogP contribution in [0, 0.1) is 11.7 Å². The third-order valence-corrected chi connectivity index (χ3v) is 3.27. The number of phenolic OH excluding ortho intramolecular Hbond substituents is 1. The summed E-state index contributed by atoms with van der Waals surface area (Å²) in [5.74, 6) is 0.309. The van der Waals surface area contributed by atoms with Crippen LogP contribution in [0.1, 0.15) is 13.8 Å². The van der Waals surface area contributed by atoms with Crippen molar-refractivity contribution < 1.29 is 9.50 Å². The summed E-state index contributed by atoms with van der Waals surface area (Å²) in [5.41, 5.74) is 0.594. The van der Waals surface area contributed by atoms with Crippen LogP contribution < -0.4 is 4.90 Å². The molecule has 0 aromatic heterocycles. The molecular formula is C14H21FN2O. The van der Waals surface area contributed by atoms with Crippen LogP contribution in [0.5, 0.6) is 5.75 Å². The smallest absolute Gasteiger partial charge is 0.150 e. The fourth-order valence-corrected chi connectivity index (χ4v) is 2.44. The van der Waals surface area contributed by atoms with Crippen LogP contribution in [0.4, 0.5) is 10.1 Å². The Labute approximate surface area is 108 Å². The van der Waals surface area contributed by atoms with E-state index in [1.165, 1.54) is 6.07 Å². The predicted octanol–water partition coefficient (Wildman–Crippen LogP) is 2.31. The summed E-state index contributed by atoms with van der Waals surface area (Å²) >= 11 is 0. The molecule has 1 aliphatic rings. The van der Waals surface area contributed by atoms with E-state index >= 15 is 0 Å². The summed E-state index contributed by atoms with van der Waals surface area (Å²) in [4.78, 5) is 4.46. The van der Waals surface area contributed by atoms with Gasteiger partial charge in [0.15, 0.2) is 0 Å². The highest BCUT2D eigenvalue weighted by Crippen LogP contribution is 2.24. The van der Waals surface area contributed by atoms with Gasteiger partial charge in [-0.25, -0.2) is 4.39 Å². The monoisotopic (exact) mass is 252 g/mol. The average molecular weight is 252 g/mol. The minimum atomic E-state index is -0.340. The fourth-order valence-electron chi connectivity index (χ4n) is 2.44. The van der Waals surface area contributed by atoms with Gasteiger partial charge in [-0.3, -0.25) is 4.90 Å². The van der Waals surface area contributed by atoms with Crippen LogP contribution in [0.2, 0.25) is 0 Å². The summed E-state index contributed by atoms with van der Waals surface area (Å²) in [7, 11) is 0. The second kappa shape index (κ2) is 5.57. The number of hydrogen-bond acceptors (Lipinski definition) is 3. The first-order valence-electron chi connectivity index (χ1n) is 6.52. The summed E-state index contributed by atoms with van der Waals surface area (Å²) in [5, 5.41) is 9.21. The second-order valence-corrected chi connectivity index (χ2v) is 5.32. The van der Waals surface area contributed by atoms with Crippen molar-refractivity contribution in [3.8, 4) is 5.75 Å². The van der Waals surface area contributed by atoms with Gasteiger partial charge >= 0.3 is 0 Å². The Morgan fingerprint density at radius 3 is 2.44 bits per heavy atom. The lowest BCUT2D eigenvalue weighted by Crippen LogP contribution is -2.47. The van der Waals surface area contributed by atoms with E-state index in [1.54, 1.807) is 12.1 Å². The number of rotatable bonds is 3. The molecule has 0 bridgehead atoms. The van der Waals surface area contributed by atoms with E-state index < -0.39 is 0 Å². The van der Waals surface area contributed by atoms with Crippen molar-refractivity contribution >= 4 is 5.69 Å². The molecule has 0 atom stereocenters. The van der Waals surface area contributed by atoms with Gasteiger partial charge in [0.2, 0.25) is 0 Å². The van der Waals surface area contributed by atoms with Crippen LogP contribution >= 0.6 is 0 Å². The van der Waals surface area contributed by atoms with E-state index in [4.69, 9.17) is 0 Å². The molecule has 1 heterocycles. The first-order valence-corrected chi connectivity index (χ1v) is 6.52. The molecule has 0 spiro atoms. The molecule has 0 amide bonds. The summed E-state index contributed by atoms with van der Waals surface area (Å²) in [6.07, 6.45) is 0. The van der Waals surface area contributed by atoms with Gasteiger partial charge in [0.1, 0.15) is 11.6 Å². The van der Waals surface area contributed by atoms with Gasteiger partial charge in [-0.05, 0) is 18.1 Å². The molecule has 3 nitrogen and oxygen atoms in total. The molecule has 1 N–H and O–H groups in total. The maximum Gasteiger partial charge on any atom is 0.150 e. The van der Waals surface area contributed by atoms with E-state index in [-0.39, 0.29) is 11.6 Å². The largest absolute Gasteiger partial charge is 0.508 e. The highest BCUT2D eigenvalue weighted by atomic mass is 19.1. The van der Waals surface area contributed by atoms with Crippen molar-refractivity contribution in [1.82, 2.24) is 4.90 Å². The minimum absolute atomic E-state index is 0.0188. The normalized spacial score (nSPS) is 17.4. The molecular weight excluding hydrogens is 231 g/mol. The van der Waals surface area contributed by atoms with Gasteiger partial charge in [0, 0.05) is 38.8 Å². The molecule has 1 saturated heterocycles. The topological polar surface area (TPSA) is 26.7 Å². The zero-order chi connectivity index (χ0) is 13.1. The Balaban J connectivity index is 1.97. The molecule has 1 aliphatic heterocycles. The first kappa shape index (κ1) is 13.1. The van der Waals surface area contributed by atoms with Crippen molar-refractivity contribution in [2.45, 2.75) is 13.8 Å². The lowest BCUT2D eigenvalue weighted by molar-refractivity contribution is 0.231. The van der Waals surface area contributed by atoms with Crippen LogP contribution in [0.3, 0.4) is 0 Å². The van der Waals surface area contributed by atoms with Gasteiger partial charge < -0.3 is 10.0 Å². The zero-order valence-electron chi connectivity index (χ0n) is 11.1. The lowest BCUT2D eigenvalue weighted by atomic mass is 10.1. The maximum absolute atomic E-state index is 13.7. The van der Waals surface area contributed by atoms with Gasteiger partial charge in [-0.1, -0.05) is 13.8 Å². The lowest BCUT2D eigenvalue weighted by Gasteiger charge is -2.36. The van der Waals surface area contributed by atoms with Crippen LogP contribution in [0.15, 0.2) is 18.2 Å².